The number of sulfonamides is 1. The Morgan fingerprint density at radius 3 is 2.32 bits per heavy atom. The van der Waals surface area contributed by atoms with Crippen LogP contribution < -0.4 is 9.04 Å². The summed E-state index contributed by atoms with van der Waals surface area (Å²) in [4.78, 5) is 0.210. The van der Waals surface area contributed by atoms with Gasteiger partial charge in [-0.2, -0.15) is 0 Å². The van der Waals surface area contributed by atoms with E-state index < -0.39 is 10.0 Å². The maximum atomic E-state index is 12.9. The predicted molar refractivity (Wildman–Crippen MR) is 86.0 cm³/mol. The van der Waals surface area contributed by atoms with Crippen molar-refractivity contribution in [1.29, 1.82) is 0 Å². The van der Waals surface area contributed by atoms with Gasteiger partial charge in [0.2, 0.25) is 0 Å². The maximum Gasteiger partial charge on any atom is 0.264 e. The second-order valence-electron chi connectivity index (χ2n) is 4.82. The summed E-state index contributed by atoms with van der Waals surface area (Å²) in [5.41, 5.74) is 1.15. The highest BCUT2D eigenvalue weighted by molar-refractivity contribution is 7.92. The molecule has 0 unspecified atom stereocenters. The molecule has 0 radical (unpaired) electrons. The molecule has 0 aromatic heterocycles. The summed E-state index contributed by atoms with van der Waals surface area (Å²) in [5.74, 6) is 0.584. The molecule has 0 bridgehead atoms. The van der Waals surface area contributed by atoms with Gasteiger partial charge in [0.05, 0.1) is 17.7 Å². The van der Waals surface area contributed by atoms with E-state index in [4.69, 9.17) is 4.74 Å². The number of benzene rings is 2. The van der Waals surface area contributed by atoms with Crippen molar-refractivity contribution in [2.45, 2.75) is 18.7 Å². The highest BCUT2D eigenvalue weighted by Gasteiger charge is 2.25. The topological polar surface area (TPSA) is 66.8 Å². The van der Waals surface area contributed by atoms with E-state index in [1.165, 1.54) is 29.6 Å². The first-order chi connectivity index (χ1) is 10.4. The van der Waals surface area contributed by atoms with Gasteiger partial charge in [-0.1, -0.05) is 6.07 Å². The Labute approximate surface area is 130 Å². The van der Waals surface area contributed by atoms with Gasteiger partial charge in [-0.3, -0.25) is 4.31 Å². The first-order valence-electron chi connectivity index (χ1n) is 6.86. The highest BCUT2D eigenvalue weighted by Crippen LogP contribution is 2.29. The van der Waals surface area contributed by atoms with Crippen molar-refractivity contribution in [2.75, 3.05) is 18.0 Å². The normalized spacial score (nSPS) is 11.2. The number of phenols is 1. The van der Waals surface area contributed by atoms with Crippen LogP contribution in [0.2, 0.25) is 0 Å². The van der Waals surface area contributed by atoms with E-state index in [1.54, 1.807) is 38.1 Å². The Bertz CT molecular complexity index is 754. The van der Waals surface area contributed by atoms with Crippen molar-refractivity contribution < 1.29 is 18.3 Å². The molecule has 2 aromatic rings. The summed E-state index contributed by atoms with van der Waals surface area (Å²) in [6.45, 7) is 3.79. The van der Waals surface area contributed by atoms with Gasteiger partial charge >= 0.3 is 0 Å². The molecule has 1 N–H and O–H groups in total. The minimum Gasteiger partial charge on any atom is -0.508 e. The molecule has 0 heterocycles. The molecular weight excluding hydrogens is 302 g/mol. The van der Waals surface area contributed by atoms with E-state index in [-0.39, 0.29) is 17.2 Å². The van der Waals surface area contributed by atoms with Crippen molar-refractivity contribution >= 4 is 15.7 Å². The first-order valence-corrected chi connectivity index (χ1v) is 8.30. The molecule has 2 rings (SSSR count). The number of rotatable bonds is 5. The summed E-state index contributed by atoms with van der Waals surface area (Å²) in [6.07, 6.45) is 0. The average Bonchev–Trinajstić information content (AvgIpc) is 2.50. The molecule has 0 saturated carbocycles. The van der Waals surface area contributed by atoms with E-state index >= 15 is 0 Å². The number of hydrogen-bond acceptors (Lipinski definition) is 4. The van der Waals surface area contributed by atoms with Gasteiger partial charge < -0.3 is 9.84 Å². The van der Waals surface area contributed by atoms with Crippen LogP contribution >= 0.6 is 0 Å². The van der Waals surface area contributed by atoms with Crippen LogP contribution in [0.15, 0.2) is 47.4 Å². The maximum absolute atomic E-state index is 12.9. The molecule has 22 heavy (non-hydrogen) atoms. The fourth-order valence-corrected chi connectivity index (χ4v) is 3.93. The minimum absolute atomic E-state index is 0.0924. The third kappa shape index (κ3) is 3.01. The Morgan fingerprint density at radius 1 is 1.14 bits per heavy atom. The fraction of sp³-hybridized carbons (Fsp3) is 0.250. The van der Waals surface area contributed by atoms with Crippen LogP contribution in [0.25, 0.3) is 0 Å². The number of anilines is 1. The van der Waals surface area contributed by atoms with Gasteiger partial charge in [0.15, 0.2) is 0 Å². The fourth-order valence-electron chi connectivity index (χ4n) is 2.21. The zero-order valence-electron chi connectivity index (χ0n) is 12.8. The van der Waals surface area contributed by atoms with Crippen LogP contribution in [0.3, 0.4) is 0 Å². The first kappa shape index (κ1) is 16.2. The molecule has 0 aliphatic carbocycles. The van der Waals surface area contributed by atoms with E-state index in [9.17, 15) is 13.5 Å². The van der Waals surface area contributed by atoms with Gasteiger partial charge in [-0.05, 0) is 49.7 Å². The Hall–Kier alpha value is -2.21. The molecule has 2 aromatic carbocycles. The monoisotopic (exact) mass is 321 g/mol. The molecule has 118 valence electrons. The summed E-state index contributed by atoms with van der Waals surface area (Å²) in [6, 6.07) is 11.0. The highest BCUT2D eigenvalue weighted by atomic mass is 32.2. The van der Waals surface area contributed by atoms with Crippen LogP contribution in [0.1, 0.15) is 12.5 Å². The van der Waals surface area contributed by atoms with Crippen molar-refractivity contribution in [3.8, 4) is 11.5 Å². The summed E-state index contributed by atoms with van der Waals surface area (Å²) >= 11 is 0. The zero-order chi connectivity index (χ0) is 16.3. The molecule has 0 aliphatic rings. The van der Waals surface area contributed by atoms with Crippen molar-refractivity contribution in [1.82, 2.24) is 0 Å². The number of nitrogens with zero attached hydrogens (tertiary/aromatic N) is 1. The Balaban J connectivity index is 2.54. The molecule has 0 saturated heterocycles. The van der Waals surface area contributed by atoms with Crippen molar-refractivity contribution in [3.05, 3.63) is 48.0 Å². The third-order valence-corrected chi connectivity index (χ3v) is 5.43. The lowest BCUT2D eigenvalue weighted by molar-refractivity contribution is 0.413. The van der Waals surface area contributed by atoms with Crippen LogP contribution in [0.4, 0.5) is 5.69 Å². The second kappa shape index (κ2) is 6.27. The molecular formula is C16H19NO4S. The summed E-state index contributed by atoms with van der Waals surface area (Å²) in [5, 5.41) is 9.36. The number of methoxy groups -OCH3 is 1. The largest absolute Gasteiger partial charge is 0.508 e. The lowest BCUT2D eigenvalue weighted by Gasteiger charge is -2.24. The van der Waals surface area contributed by atoms with Gasteiger partial charge in [-0.15, -0.1) is 0 Å². The summed E-state index contributed by atoms with van der Waals surface area (Å²) in [7, 11) is -2.21. The van der Waals surface area contributed by atoms with E-state index in [0.717, 1.165) is 0 Å². The van der Waals surface area contributed by atoms with Crippen LogP contribution in [0, 0.1) is 6.92 Å². The molecule has 0 fully saturated rings. The Morgan fingerprint density at radius 2 is 1.77 bits per heavy atom. The minimum atomic E-state index is -3.71. The van der Waals surface area contributed by atoms with Crippen LogP contribution in [0.5, 0.6) is 11.5 Å². The number of aryl methyl sites for hydroxylation is 1. The van der Waals surface area contributed by atoms with Crippen molar-refractivity contribution in [2.24, 2.45) is 0 Å². The van der Waals surface area contributed by atoms with Crippen molar-refractivity contribution in [3.63, 3.8) is 0 Å². The standard InChI is InChI=1S/C16H19NO4S/c1-4-17(13-6-8-14(18)9-7-13)22(19,20)16-11-15(21-3)10-5-12(16)2/h5-11,18H,4H2,1-3H3. The molecule has 0 aliphatic heterocycles. The van der Waals surface area contributed by atoms with Crippen LogP contribution in [-0.4, -0.2) is 27.2 Å². The van der Waals surface area contributed by atoms with E-state index in [0.29, 0.717) is 17.0 Å². The van der Waals surface area contributed by atoms with Gasteiger partial charge in [-0.25, -0.2) is 8.42 Å². The zero-order valence-corrected chi connectivity index (χ0v) is 13.6. The predicted octanol–water partition coefficient (Wildman–Crippen LogP) is 2.92. The van der Waals surface area contributed by atoms with Crippen LogP contribution in [-0.2, 0) is 10.0 Å². The summed E-state index contributed by atoms with van der Waals surface area (Å²) < 4.78 is 32.3. The molecule has 0 atom stereocenters. The smallest absolute Gasteiger partial charge is 0.264 e. The number of hydrogen-bond donors (Lipinski definition) is 1. The molecule has 0 amide bonds. The molecule has 0 spiro atoms. The molecule has 6 heteroatoms. The SMILES string of the molecule is CCN(c1ccc(O)cc1)S(=O)(=O)c1cc(OC)ccc1C. The lowest BCUT2D eigenvalue weighted by atomic mass is 10.2. The second-order valence-corrected chi connectivity index (χ2v) is 6.65. The lowest BCUT2D eigenvalue weighted by Crippen LogP contribution is -2.31. The number of ether oxygens (including phenoxy) is 1. The van der Waals surface area contributed by atoms with Gasteiger partial charge in [0.1, 0.15) is 11.5 Å². The third-order valence-electron chi connectivity index (χ3n) is 3.39. The van der Waals surface area contributed by atoms with E-state index in [1.807, 2.05) is 0 Å². The van der Waals surface area contributed by atoms with E-state index in [2.05, 4.69) is 0 Å². The number of aromatic hydroxyl groups is 1. The number of phenolic OH excluding ortho intramolecular Hbond substituents is 1. The Kier molecular flexibility index (Phi) is 4.61. The van der Waals surface area contributed by atoms with Gasteiger partial charge in [0, 0.05) is 12.6 Å². The average molecular weight is 321 g/mol. The quantitative estimate of drug-likeness (QED) is 0.919. The van der Waals surface area contributed by atoms with Gasteiger partial charge in [0.25, 0.3) is 10.0 Å². The molecule has 5 nitrogen and oxygen atoms in total.